The highest BCUT2D eigenvalue weighted by atomic mass is 15.0. The maximum absolute atomic E-state index is 5.07. The van der Waals surface area contributed by atoms with Crippen LogP contribution in [0.3, 0.4) is 0 Å². The van der Waals surface area contributed by atoms with Gasteiger partial charge in [0.1, 0.15) is 0 Å². The molecule has 0 aliphatic rings. The number of para-hydroxylation sites is 2. The predicted molar refractivity (Wildman–Crippen MR) is 202 cm³/mol. The lowest BCUT2D eigenvalue weighted by molar-refractivity contribution is 1.07. The molecule has 0 fully saturated rings. The number of hydrogen-bond donors (Lipinski definition) is 0. The average molecular weight is 625 g/mol. The monoisotopic (exact) mass is 624 g/mol. The second-order valence-electron chi connectivity index (χ2n) is 12.5. The van der Waals surface area contributed by atoms with E-state index < -0.39 is 0 Å². The molecule has 0 aliphatic carbocycles. The lowest BCUT2D eigenvalue weighted by Gasteiger charge is -2.10. The van der Waals surface area contributed by atoms with E-state index in [0.717, 1.165) is 33.4 Å². The van der Waals surface area contributed by atoms with E-state index in [1.807, 2.05) is 36.4 Å². The van der Waals surface area contributed by atoms with Gasteiger partial charge in [-0.3, -0.25) is 0 Å². The molecule has 0 radical (unpaired) electrons. The molecule has 0 N–H and O–H groups in total. The molecule has 10 rings (SSSR count). The van der Waals surface area contributed by atoms with Gasteiger partial charge in [0.05, 0.1) is 16.6 Å². The van der Waals surface area contributed by atoms with Gasteiger partial charge < -0.3 is 4.40 Å². The maximum Gasteiger partial charge on any atom is 0.164 e. The Hall–Kier alpha value is -6.65. The van der Waals surface area contributed by atoms with Crippen molar-refractivity contribution in [2.24, 2.45) is 0 Å². The normalized spacial score (nSPS) is 11.7. The summed E-state index contributed by atoms with van der Waals surface area (Å²) in [5.41, 5.74) is 11.2. The third-order valence-electron chi connectivity index (χ3n) is 9.58. The molecule has 0 amide bonds. The number of hydrogen-bond acceptors (Lipinski definition) is 3. The van der Waals surface area contributed by atoms with Crippen LogP contribution >= 0.6 is 0 Å². The third kappa shape index (κ3) is 4.49. The first-order chi connectivity index (χ1) is 24.3. The zero-order valence-corrected chi connectivity index (χ0v) is 26.5. The highest BCUT2D eigenvalue weighted by molar-refractivity contribution is 6.24. The highest BCUT2D eigenvalue weighted by Crippen LogP contribution is 2.42. The van der Waals surface area contributed by atoms with Crippen LogP contribution in [0.15, 0.2) is 170 Å². The summed E-state index contributed by atoms with van der Waals surface area (Å²) in [5.74, 6) is 1.94. The number of nitrogens with zero attached hydrogens (tertiary/aromatic N) is 4. The molecule has 3 aromatic heterocycles. The second kappa shape index (κ2) is 11.0. The van der Waals surface area contributed by atoms with Gasteiger partial charge in [-0.1, -0.05) is 140 Å². The number of aromatic nitrogens is 4. The molecule has 10 aromatic rings. The molecule has 4 nitrogen and oxygen atoms in total. The van der Waals surface area contributed by atoms with Crippen LogP contribution in [0.1, 0.15) is 0 Å². The Morgan fingerprint density at radius 3 is 1.33 bits per heavy atom. The van der Waals surface area contributed by atoms with Crippen molar-refractivity contribution in [3.8, 4) is 56.4 Å². The van der Waals surface area contributed by atoms with Gasteiger partial charge in [0, 0.05) is 38.2 Å². The Morgan fingerprint density at radius 2 is 0.714 bits per heavy atom. The molecule has 0 saturated carbocycles. The van der Waals surface area contributed by atoms with Gasteiger partial charge in [-0.25, -0.2) is 15.0 Å². The summed E-state index contributed by atoms with van der Waals surface area (Å²) in [4.78, 5) is 15.1. The first-order valence-electron chi connectivity index (χ1n) is 16.5. The van der Waals surface area contributed by atoms with Crippen molar-refractivity contribution in [1.82, 2.24) is 19.4 Å². The van der Waals surface area contributed by atoms with Crippen molar-refractivity contribution >= 4 is 38.1 Å². The van der Waals surface area contributed by atoms with Gasteiger partial charge in [-0.2, -0.15) is 0 Å². The van der Waals surface area contributed by atoms with E-state index in [2.05, 4.69) is 138 Å². The summed E-state index contributed by atoms with van der Waals surface area (Å²) < 4.78 is 2.42. The summed E-state index contributed by atoms with van der Waals surface area (Å²) in [6.07, 6.45) is 0. The van der Waals surface area contributed by atoms with Crippen molar-refractivity contribution in [2.45, 2.75) is 0 Å². The molecule has 49 heavy (non-hydrogen) atoms. The van der Waals surface area contributed by atoms with Gasteiger partial charge in [-0.05, 0) is 52.6 Å². The van der Waals surface area contributed by atoms with E-state index in [-0.39, 0.29) is 0 Å². The Bertz CT molecular complexity index is 2720. The standard InChI is InChI=1S/C45H28N4/c1-3-12-29(13-4-1)30-22-24-32(25-23-30)44-46-43(31-14-5-2-6-15-31)47-45(48-44)34-17-11-16-33(26-34)35-27-38-36-18-7-9-20-40(36)49-41-21-10-8-19-37(41)39(28-35)42(38)49/h1-28H. The van der Waals surface area contributed by atoms with E-state index in [1.165, 1.54) is 43.7 Å². The van der Waals surface area contributed by atoms with Crippen LogP contribution in [-0.4, -0.2) is 19.4 Å². The second-order valence-corrected chi connectivity index (χ2v) is 12.5. The largest absolute Gasteiger partial charge is 0.308 e. The molecule has 3 heterocycles. The van der Waals surface area contributed by atoms with Crippen molar-refractivity contribution in [2.75, 3.05) is 0 Å². The van der Waals surface area contributed by atoms with Gasteiger partial charge in [0.15, 0.2) is 17.5 Å². The van der Waals surface area contributed by atoms with Crippen LogP contribution in [-0.2, 0) is 0 Å². The molecular formula is C45H28N4. The minimum absolute atomic E-state index is 0.644. The van der Waals surface area contributed by atoms with Crippen LogP contribution < -0.4 is 0 Å². The first kappa shape index (κ1) is 27.5. The summed E-state index contributed by atoms with van der Waals surface area (Å²) in [7, 11) is 0. The molecule has 0 spiro atoms. The average Bonchev–Trinajstić information content (AvgIpc) is 3.70. The zero-order valence-electron chi connectivity index (χ0n) is 26.5. The SMILES string of the molecule is c1ccc(-c2ccc(-c3nc(-c4ccccc4)nc(-c4cccc(-c5cc6c7ccccc7n7c8ccccc8c(c5)c67)c4)n3)cc2)cc1. The summed E-state index contributed by atoms with van der Waals surface area (Å²) in [6.45, 7) is 0. The van der Waals surface area contributed by atoms with Crippen molar-refractivity contribution < 1.29 is 0 Å². The summed E-state index contributed by atoms with van der Waals surface area (Å²) in [5, 5.41) is 5.05. The lowest BCUT2D eigenvalue weighted by atomic mass is 9.98. The minimum atomic E-state index is 0.644. The first-order valence-corrected chi connectivity index (χ1v) is 16.5. The zero-order chi connectivity index (χ0) is 32.3. The van der Waals surface area contributed by atoms with E-state index in [9.17, 15) is 0 Å². The minimum Gasteiger partial charge on any atom is -0.308 e. The Kier molecular flexibility index (Phi) is 6.15. The van der Waals surface area contributed by atoms with Crippen LogP contribution in [0.25, 0.3) is 94.5 Å². The molecule has 0 unspecified atom stereocenters. The van der Waals surface area contributed by atoms with E-state index in [0.29, 0.717) is 17.5 Å². The third-order valence-corrected chi connectivity index (χ3v) is 9.58. The molecule has 0 aliphatic heterocycles. The molecule has 4 heteroatoms. The Labute approximate surface area is 283 Å². The molecule has 0 bridgehead atoms. The van der Waals surface area contributed by atoms with E-state index in [1.54, 1.807) is 0 Å². The smallest absolute Gasteiger partial charge is 0.164 e. The lowest BCUT2D eigenvalue weighted by Crippen LogP contribution is -2.00. The number of fused-ring (bicyclic) bond motifs is 6. The Morgan fingerprint density at radius 1 is 0.286 bits per heavy atom. The quantitative estimate of drug-likeness (QED) is 0.191. The van der Waals surface area contributed by atoms with Gasteiger partial charge in [0.2, 0.25) is 0 Å². The van der Waals surface area contributed by atoms with E-state index in [4.69, 9.17) is 15.0 Å². The van der Waals surface area contributed by atoms with Crippen molar-refractivity contribution in [3.05, 3.63) is 170 Å². The molecule has 228 valence electrons. The van der Waals surface area contributed by atoms with E-state index >= 15 is 0 Å². The van der Waals surface area contributed by atoms with Crippen LogP contribution in [0.4, 0.5) is 0 Å². The Balaban J connectivity index is 1.13. The number of benzene rings is 7. The van der Waals surface area contributed by atoms with Crippen molar-refractivity contribution in [1.29, 1.82) is 0 Å². The fourth-order valence-corrected chi connectivity index (χ4v) is 7.25. The van der Waals surface area contributed by atoms with Crippen molar-refractivity contribution in [3.63, 3.8) is 0 Å². The highest BCUT2D eigenvalue weighted by Gasteiger charge is 2.19. The summed E-state index contributed by atoms with van der Waals surface area (Å²) in [6, 6.07) is 59.7. The number of rotatable bonds is 5. The fraction of sp³-hybridized carbons (Fsp3) is 0. The van der Waals surface area contributed by atoms with Gasteiger partial charge in [0.25, 0.3) is 0 Å². The van der Waals surface area contributed by atoms with Crippen LogP contribution in [0.5, 0.6) is 0 Å². The van der Waals surface area contributed by atoms with Crippen LogP contribution in [0.2, 0.25) is 0 Å². The van der Waals surface area contributed by atoms with Gasteiger partial charge >= 0.3 is 0 Å². The fourth-order valence-electron chi connectivity index (χ4n) is 7.25. The molecule has 0 saturated heterocycles. The molecule has 0 atom stereocenters. The van der Waals surface area contributed by atoms with Gasteiger partial charge in [-0.15, -0.1) is 0 Å². The molecular weight excluding hydrogens is 597 g/mol. The van der Waals surface area contributed by atoms with Crippen LogP contribution in [0, 0.1) is 0 Å². The molecule has 7 aromatic carbocycles. The topological polar surface area (TPSA) is 43.1 Å². The maximum atomic E-state index is 5.07. The summed E-state index contributed by atoms with van der Waals surface area (Å²) >= 11 is 0. The predicted octanol–water partition coefficient (Wildman–Crippen LogP) is 11.4.